The van der Waals surface area contributed by atoms with Crippen molar-refractivity contribution in [3.8, 4) is 0 Å². The highest BCUT2D eigenvalue weighted by molar-refractivity contribution is 7.80. The molecule has 0 aromatic heterocycles. The van der Waals surface area contributed by atoms with E-state index in [2.05, 4.69) is 11.1 Å². The third-order valence-electron chi connectivity index (χ3n) is 6.70. The number of esters is 1. The van der Waals surface area contributed by atoms with Gasteiger partial charge in [-0.15, -0.1) is 0 Å². The molecule has 0 spiro atoms. The quantitative estimate of drug-likeness (QED) is 0.0724. The molecule has 6 atom stereocenters. The third-order valence-corrected chi connectivity index (χ3v) is 7.16. The number of unbranched alkanes of at least 4 members (excludes halogenated alkanes) is 11. The van der Waals surface area contributed by atoms with Gasteiger partial charge >= 0.3 is 16.4 Å². The Morgan fingerprint density at radius 2 is 1.43 bits per heavy atom. The molecule has 0 bridgehead atoms. The molecule has 0 aromatic rings. The van der Waals surface area contributed by atoms with Crippen molar-refractivity contribution in [2.45, 2.75) is 141 Å². The van der Waals surface area contributed by atoms with Crippen molar-refractivity contribution in [2.24, 2.45) is 0 Å². The minimum absolute atomic E-state index is 0.0350. The first-order valence-corrected chi connectivity index (χ1v) is 16.2. The van der Waals surface area contributed by atoms with Gasteiger partial charge in [0, 0.05) is 13.0 Å². The molecule has 6 unspecified atom stereocenters. The van der Waals surface area contributed by atoms with Crippen LogP contribution < -0.4 is 0 Å². The van der Waals surface area contributed by atoms with Crippen LogP contribution in [0.5, 0.6) is 0 Å². The summed E-state index contributed by atoms with van der Waals surface area (Å²) < 4.78 is 57.6. The minimum Gasteiger partial charge on any atom is -0.457 e. The Morgan fingerprint density at radius 3 is 1.95 bits per heavy atom. The molecule has 238 valence electrons. The SMILES string of the molecule is CCCCCCCCCCCCCCOCC(COC1OC(CO)C(O)C(OS(=O)(=O)O)C1O)OC(=O)CCC. The molecule has 13 heteroatoms. The van der Waals surface area contributed by atoms with Crippen molar-refractivity contribution in [2.75, 3.05) is 26.4 Å². The highest BCUT2D eigenvalue weighted by Crippen LogP contribution is 2.25. The van der Waals surface area contributed by atoms with Crippen molar-refractivity contribution in [1.29, 1.82) is 0 Å². The molecule has 1 saturated heterocycles. The van der Waals surface area contributed by atoms with Gasteiger partial charge in [-0.05, 0) is 12.8 Å². The van der Waals surface area contributed by atoms with E-state index in [9.17, 15) is 28.5 Å². The molecule has 4 N–H and O–H groups in total. The number of hydrogen-bond donors (Lipinski definition) is 4. The Balaban J connectivity index is 2.42. The summed E-state index contributed by atoms with van der Waals surface area (Å²) in [7, 11) is -5.03. The summed E-state index contributed by atoms with van der Waals surface area (Å²) in [6.07, 6.45) is 6.30. The summed E-state index contributed by atoms with van der Waals surface area (Å²) in [6.45, 7) is 3.56. The molecule has 1 aliphatic rings. The summed E-state index contributed by atoms with van der Waals surface area (Å²) in [5.41, 5.74) is 0. The number of rotatable bonds is 24. The standard InChI is InChI=1S/C27H52O12S/c1-3-5-6-7-8-9-10-11-12-13-14-15-17-35-19-21(37-23(29)16-4-2)20-36-27-25(31)26(39-40(32,33)34)24(30)22(18-28)38-27/h21-22,24-28,30-31H,3-20H2,1-2H3,(H,32,33,34). The lowest BCUT2D eigenvalue weighted by atomic mass is 9.99. The Bertz CT molecular complexity index is 750. The first-order chi connectivity index (χ1) is 19.1. The van der Waals surface area contributed by atoms with E-state index in [1.807, 2.05) is 6.92 Å². The molecule has 1 aliphatic heterocycles. The van der Waals surface area contributed by atoms with Crippen LogP contribution in [-0.2, 0) is 38.3 Å². The summed E-state index contributed by atoms with van der Waals surface area (Å²) >= 11 is 0. The zero-order valence-corrected chi connectivity index (χ0v) is 25.0. The lowest BCUT2D eigenvalue weighted by Gasteiger charge is -2.41. The topological polar surface area (TPSA) is 178 Å². The largest absolute Gasteiger partial charge is 0.457 e. The Kier molecular flexibility index (Phi) is 20.2. The van der Waals surface area contributed by atoms with Crippen LogP contribution in [0.25, 0.3) is 0 Å². The average Bonchev–Trinajstić information content (AvgIpc) is 2.90. The minimum atomic E-state index is -5.03. The molecular weight excluding hydrogens is 548 g/mol. The first kappa shape index (κ1) is 37.1. The van der Waals surface area contributed by atoms with Gasteiger partial charge in [0.2, 0.25) is 0 Å². The van der Waals surface area contributed by atoms with Gasteiger partial charge in [-0.3, -0.25) is 9.35 Å². The van der Waals surface area contributed by atoms with Gasteiger partial charge in [-0.1, -0.05) is 84.5 Å². The van der Waals surface area contributed by atoms with Crippen LogP contribution in [0.4, 0.5) is 0 Å². The molecule has 1 fully saturated rings. The lowest BCUT2D eigenvalue weighted by Crippen LogP contribution is -2.60. The third kappa shape index (κ3) is 16.5. The van der Waals surface area contributed by atoms with E-state index in [4.69, 9.17) is 23.5 Å². The van der Waals surface area contributed by atoms with Crippen molar-refractivity contribution in [3.63, 3.8) is 0 Å². The molecule has 0 aliphatic carbocycles. The molecule has 0 saturated carbocycles. The van der Waals surface area contributed by atoms with Crippen LogP contribution in [0.1, 0.15) is 104 Å². The fraction of sp³-hybridized carbons (Fsp3) is 0.963. The van der Waals surface area contributed by atoms with Crippen LogP contribution in [-0.4, -0.2) is 97.5 Å². The second kappa shape index (κ2) is 21.8. The number of carbonyl (C=O) groups is 1. The van der Waals surface area contributed by atoms with E-state index >= 15 is 0 Å². The molecule has 1 heterocycles. The maximum absolute atomic E-state index is 12.1. The van der Waals surface area contributed by atoms with Crippen molar-refractivity contribution in [1.82, 2.24) is 0 Å². The monoisotopic (exact) mass is 600 g/mol. The molecule has 40 heavy (non-hydrogen) atoms. The van der Waals surface area contributed by atoms with Gasteiger partial charge in [0.25, 0.3) is 0 Å². The molecule has 0 aromatic carbocycles. The maximum Gasteiger partial charge on any atom is 0.397 e. The second-order valence-corrected chi connectivity index (χ2v) is 11.4. The number of ether oxygens (including phenoxy) is 4. The number of aliphatic hydroxyl groups is 3. The van der Waals surface area contributed by atoms with E-state index in [0.717, 1.165) is 19.3 Å². The first-order valence-electron chi connectivity index (χ1n) is 14.8. The normalized spacial score (nSPS) is 24.2. The van der Waals surface area contributed by atoms with E-state index in [1.165, 1.54) is 57.8 Å². The van der Waals surface area contributed by atoms with Crippen molar-refractivity contribution >= 4 is 16.4 Å². The Morgan fingerprint density at radius 1 is 0.850 bits per heavy atom. The summed E-state index contributed by atoms with van der Waals surface area (Å²) in [5, 5.41) is 30.0. The van der Waals surface area contributed by atoms with Crippen molar-refractivity contribution < 1.29 is 56.2 Å². The average molecular weight is 601 g/mol. The fourth-order valence-electron chi connectivity index (χ4n) is 4.47. The highest BCUT2D eigenvalue weighted by Gasteiger charge is 2.48. The van der Waals surface area contributed by atoms with Gasteiger partial charge in [0.15, 0.2) is 6.29 Å². The van der Waals surface area contributed by atoms with E-state index < -0.39 is 59.8 Å². The van der Waals surface area contributed by atoms with Gasteiger partial charge in [-0.25, -0.2) is 4.18 Å². The Labute approximate surface area is 239 Å². The van der Waals surface area contributed by atoms with E-state index in [-0.39, 0.29) is 19.6 Å². The van der Waals surface area contributed by atoms with Crippen LogP contribution in [0.15, 0.2) is 0 Å². The van der Waals surface area contributed by atoms with Crippen molar-refractivity contribution in [3.05, 3.63) is 0 Å². The molecule has 12 nitrogen and oxygen atoms in total. The van der Waals surface area contributed by atoms with Crippen LogP contribution in [0, 0.1) is 0 Å². The fourth-order valence-corrected chi connectivity index (χ4v) is 4.98. The predicted molar refractivity (Wildman–Crippen MR) is 147 cm³/mol. The zero-order chi connectivity index (χ0) is 29.8. The van der Waals surface area contributed by atoms with Gasteiger partial charge in [-0.2, -0.15) is 8.42 Å². The van der Waals surface area contributed by atoms with Gasteiger partial charge in [0.1, 0.15) is 30.5 Å². The predicted octanol–water partition coefficient (Wildman–Crippen LogP) is 3.06. The highest BCUT2D eigenvalue weighted by atomic mass is 32.3. The lowest BCUT2D eigenvalue weighted by molar-refractivity contribution is -0.301. The summed E-state index contributed by atoms with van der Waals surface area (Å²) in [4.78, 5) is 12.1. The molecule has 0 radical (unpaired) electrons. The molecule has 0 amide bonds. The smallest absolute Gasteiger partial charge is 0.397 e. The number of aliphatic hydroxyl groups excluding tert-OH is 3. The van der Waals surface area contributed by atoms with Gasteiger partial charge in [0.05, 0.1) is 19.8 Å². The Hall–Kier alpha value is -0.900. The molecular formula is C27H52O12S. The molecule has 1 rings (SSSR count). The summed E-state index contributed by atoms with van der Waals surface area (Å²) in [5.74, 6) is -0.452. The number of carbonyl (C=O) groups excluding carboxylic acids is 1. The van der Waals surface area contributed by atoms with Crippen LogP contribution in [0.3, 0.4) is 0 Å². The van der Waals surface area contributed by atoms with Gasteiger partial charge < -0.3 is 34.3 Å². The van der Waals surface area contributed by atoms with E-state index in [0.29, 0.717) is 13.0 Å². The number of hydrogen-bond acceptors (Lipinski definition) is 11. The van der Waals surface area contributed by atoms with E-state index in [1.54, 1.807) is 0 Å². The van der Waals surface area contributed by atoms with Crippen LogP contribution >= 0.6 is 0 Å². The second-order valence-electron chi connectivity index (χ2n) is 10.4. The maximum atomic E-state index is 12.1. The summed E-state index contributed by atoms with van der Waals surface area (Å²) in [6, 6.07) is 0. The zero-order valence-electron chi connectivity index (χ0n) is 24.2. The van der Waals surface area contributed by atoms with Crippen LogP contribution in [0.2, 0.25) is 0 Å².